The Kier molecular flexibility index (Phi) is 10.4. The van der Waals surface area contributed by atoms with Gasteiger partial charge in [-0.2, -0.15) is 0 Å². The van der Waals surface area contributed by atoms with Gasteiger partial charge >= 0.3 is 5.97 Å². The minimum Gasteiger partial charge on any atom is -0.477 e. The van der Waals surface area contributed by atoms with E-state index in [1.807, 2.05) is 41.0 Å². The molecule has 5 rings (SSSR count). The quantitative estimate of drug-likeness (QED) is 0.106. The number of nitrogens with zero attached hydrogens (tertiary/aromatic N) is 4. The molecule has 4 heterocycles. The van der Waals surface area contributed by atoms with E-state index in [1.54, 1.807) is 12.4 Å². The molecule has 46 heavy (non-hydrogen) atoms. The molecule has 2 aliphatic rings. The van der Waals surface area contributed by atoms with Gasteiger partial charge in [0.15, 0.2) is 35.6 Å². The zero-order valence-electron chi connectivity index (χ0n) is 25.1. The Morgan fingerprint density at radius 1 is 1.20 bits per heavy atom. The van der Waals surface area contributed by atoms with E-state index < -0.39 is 29.0 Å². The summed E-state index contributed by atoms with van der Waals surface area (Å²) in [6, 6.07) is 11.3. The van der Waals surface area contributed by atoms with E-state index in [0.717, 1.165) is 29.7 Å². The van der Waals surface area contributed by atoms with Crippen LogP contribution in [0.25, 0.3) is 0 Å². The molecule has 12 nitrogen and oxygen atoms in total. The summed E-state index contributed by atoms with van der Waals surface area (Å²) in [6.07, 6.45) is 5.40. The van der Waals surface area contributed by atoms with Gasteiger partial charge in [-0.25, -0.2) is 14.3 Å². The first kappa shape index (κ1) is 33.1. The van der Waals surface area contributed by atoms with Gasteiger partial charge in [-0.15, -0.1) is 11.8 Å². The lowest BCUT2D eigenvalue weighted by atomic mass is 9.89. The number of pyridine rings is 1. The van der Waals surface area contributed by atoms with E-state index in [4.69, 9.17) is 22.2 Å². The van der Waals surface area contributed by atoms with Crippen LogP contribution >= 0.6 is 34.7 Å². The Morgan fingerprint density at radius 2 is 1.91 bits per heavy atom. The molecule has 240 valence electrons. The number of Topliss-reactive ketones (excluding diaryl/α,β-unsaturated/α-hetero) is 1. The third-order valence-electron chi connectivity index (χ3n) is 7.58. The first-order valence-electron chi connectivity index (χ1n) is 14.4. The van der Waals surface area contributed by atoms with Gasteiger partial charge in [0.05, 0.1) is 11.3 Å². The fourth-order valence-electron chi connectivity index (χ4n) is 5.34. The highest BCUT2D eigenvalue weighted by molar-refractivity contribution is 8.00. The second-order valence-corrected chi connectivity index (χ2v) is 13.4. The summed E-state index contributed by atoms with van der Waals surface area (Å²) in [7, 11) is 1.27. The number of thioether (sulfide) groups is 1. The topological polar surface area (TPSA) is 168 Å². The molecule has 0 unspecified atom stereocenters. The summed E-state index contributed by atoms with van der Waals surface area (Å²) in [6.45, 7) is 2.69. The van der Waals surface area contributed by atoms with Crippen molar-refractivity contribution in [2.75, 3.05) is 18.6 Å². The number of aryl methyl sites for hydroxylation is 1. The zero-order chi connectivity index (χ0) is 33.0. The Balaban J connectivity index is 1.22. The minimum atomic E-state index is -1.22. The van der Waals surface area contributed by atoms with Gasteiger partial charge < -0.3 is 21.0 Å². The predicted molar refractivity (Wildman–Crippen MR) is 174 cm³/mol. The van der Waals surface area contributed by atoms with E-state index in [2.05, 4.69) is 22.4 Å². The molecule has 2 aliphatic heterocycles. The van der Waals surface area contributed by atoms with Gasteiger partial charge in [-0.05, 0) is 29.7 Å². The maximum Gasteiger partial charge on any atom is 0.352 e. The van der Waals surface area contributed by atoms with Crippen molar-refractivity contribution in [3.63, 3.8) is 0 Å². The number of carboxylic acid groups (broad SMARTS) is 1. The number of thiazole rings is 1. The Morgan fingerprint density at radius 3 is 2.52 bits per heavy atom. The van der Waals surface area contributed by atoms with Crippen LogP contribution in [0.3, 0.4) is 0 Å². The van der Waals surface area contributed by atoms with E-state index in [-0.39, 0.29) is 45.4 Å². The number of benzene rings is 1. The van der Waals surface area contributed by atoms with Gasteiger partial charge in [-0.3, -0.25) is 19.3 Å². The van der Waals surface area contributed by atoms with Crippen molar-refractivity contribution in [1.29, 1.82) is 0 Å². The molecule has 15 heteroatoms. The highest BCUT2D eigenvalue weighted by Gasteiger charge is 2.54. The van der Waals surface area contributed by atoms with Crippen LogP contribution in [-0.2, 0) is 38.7 Å². The summed E-state index contributed by atoms with van der Waals surface area (Å²) in [5.41, 5.74) is 8.79. The van der Waals surface area contributed by atoms with E-state index >= 15 is 0 Å². The van der Waals surface area contributed by atoms with Crippen LogP contribution in [0.1, 0.15) is 46.9 Å². The monoisotopic (exact) mass is 683 g/mol. The fraction of sp³-hybridized carbons (Fsp3) is 0.323. The van der Waals surface area contributed by atoms with Gasteiger partial charge in [0, 0.05) is 42.0 Å². The summed E-state index contributed by atoms with van der Waals surface area (Å²) in [4.78, 5) is 61.5. The second-order valence-electron chi connectivity index (χ2n) is 10.7. The molecule has 0 saturated carbocycles. The van der Waals surface area contributed by atoms with Crippen LogP contribution in [0.2, 0.25) is 4.34 Å². The Bertz CT molecular complexity index is 1720. The standard InChI is InChI=1S/C31H31ClN6O6S2/c1-3-4-17-5-7-19(8-6-17)27(40)34-14-18-9-11-37(12-10-18)15-20-16-45-29-21(28(41)38(29)25(20)30(42)43)13-22(39)23(36-44-2)24-26(32)46-31(33)35-24/h5-12,21,29H,3-4,13-16H2,1-2H3,(H3-,33,34,35,40,42,43)/p+1/b36-23+/t21-,29-/m1/s1. The molecule has 0 spiro atoms. The number of anilines is 1. The molecule has 0 bridgehead atoms. The number of halogens is 1. The first-order valence-corrected chi connectivity index (χ1v) is 16.7. The predicted octanol–water partition coefficient (Wildman–Crippen LogP) is 3.43. The molecule has 1 aromatic carbocycles. The number of fused-ring (bicyclic) bond motifs is 1. The molecular formula is C31H32ClN6O6S2+. The lowest BCUT2D eigenvalue weighted by Crippen LogP contribution is -2.62. The Labute approximate surface area is 278 Å². The smallest absolute Gasteiger partial charge is 0.352 e. The van der Waals surface area contributed by atoms with Crippen LogP contribution in [0.15, 0.2) is 65.2 Å². The fourth-order valence-corrected chi connectivity index (χ4v) is 7.68. The van der Waals surface area contributed by atoms with Gasteiger partial charge in [0.2, 0.25) is 5.91 Å². The van der Waals surface area contributed by atoms with Crippen molar-refractivity contribution in [3.8, 4) is 0 Å². The van der Waals surface area contributed by atoms with Crippen LogP contribution in [0.5, 0.6) is 0 Å². The number of carbonyl (C=O) groups excluding carboxylic acids is 3. The molecule has 2 atom stereocenters. The second kappa shape index (κ2) is 14.4. The zero-order valence-corrected chi connectivity index (χ0v) is 27.5. The normalized spacial score (nSPS) is 17.8. The third-order valence-corrected chi connectivity index (χ3v) is 10.1. The minimum absolute atomic E-state index is 0.0758. The van der Waals surface area contributed by atoms with Crippen molar-refractivity contribution in [1.82, 2.24) is 15.2 Å². The molecule has 2 amide bonds. The van der Waals surface area contributed by atoms with Crippen molar-refractivity contribution >= 4 is 69.1 Å². The number of nitrogens with two attached hydrogens (primary N) is 1. The molecule has 2 aromatic heterocycles. The number of carboxylic acids is 1. The highest BCUT2D eigenvalue weighted by atomic mass is 35.5. The van der Waals surface area contributed by atoms with Crippen molar-refractivity contribution in [2.45, 2.75) is 44.6 Å². The lowest BCUT2D eigenvalue weighted by Gasteiger charge is -2.49. The maximum atomic E-state index is 13.2. The molecule has 1 fully saturated rings. The third kappa shape index (κ3) is 7.08. The maximum absolute atomic E-state index is 13.2. The summed E-state index contributed by atoms with van der Waals surface area (Å²) < 4.78 is 1.98. The molecule has 0 aliphatic carbocycles. The van der Waals surface area contributed by atoms with E-state index in [0.29, 0.717) is 23.4 Å². The number of aliphatic carboxylic acids is 1. The number of hydrogen-bond donors (Lipinski definition) is 3. The van der Waals surface area contributed by atoms with Crippen molar-refractivity contribution in [2.24, 2.45) is 11.1 Å². The number of carbonyl (C=O) groups is 4. The number of nitrogen functional groups attached to an aromatic ring is 1. The average Bonchev–Trinajstić information content (AvgIpc) is 3.38. The van der Waals surface area contributed by atoms with Crippen molar-refractivity contribution < 1.29 is 33.7 Å². The van der Waals surface area contributed by atoms with Crippen LogP contribution in [0.4, 0.5) is 5.13 Å². The van der Waals surface area contributed by atoms with E-state index in [9.17, 15) is 24.3 Å². The molecule has 3 aromatic rings. The van der Waals surface area contributed by atoms with Gasteiger partial charge in [-0.1, -0.05) is 53.6 Å². The number of hydrogen-bond acceptors (Lipinski definition) is 10. The van der Waals surface area contributed by atoms with Crippen LogP contribution in [0, 0.1) is 5.92 Å². The van der Waals surface area contributed by atoms with Gasteiger partial charge in [0.1, 0.15) is 22.8 Å². The highest BCUT2D eigenvalue weighted by Crippen LogP contribution is 2.45. The summed E-state index contributed by atoms with van der Waals surface area (Å²) >= 11 is 8.55. The Hall–Kier alpha value is -4.27. The number of β-lactam (4-membered cyclic amide) rings is 1. The number of ketones is 1. The first-order chi connectivity index (χ1) is 22.1. The molecule has 4 N–H and O–H groups in total. The number of aromatic nitrogens is 2. The largest absolute Gasteiger partial charge is 0.477 e. The molecule has 1 saturated heterocycles. The lowest BCUT2D eigenvalue weighted by molar-refractivity contribution is -0.689. The number of oxime groups is 1. The SMILES string of the molecule is CCCc1ccc(C(=O)NCc2cc[n+](CC3=C(C(=O)O)N4C(=O)[C@@H](CC(=O)/C(=N\OC)c5nc(N)sc5Cl)[C@H]4SC3)cc2)cc1. The van der Waals surface area contributed by atoms with Crippen molar-refractivity contribution in [3.05, 3.63) is 86.8 Å². The van der Waals surface area contributed by atoms with E-state index in [1.165, 1.54) is 29.3 Å². The number of rotatable bonds is 13. The van der Waals surface area contributed by atoms with Crippen LogP contribution < -0.4 is 15.6 Å². The number of amides is 2. The summed E-state index contributed by atoms with van der Waals surface area (Å²) in [5, 5.41) is 16.4. The number of nitrogens with one attached hydrogen (secondary N) is 1. The molecular weight excluding hydrogens is 652 g/mol. The average molecular weight is 684 g/mol. The van der Waals surface area contributed by atoms with Crippen LogP contribution in [-0.4, -0.2) is 62.5 Å². The molecule has 0 radical (unpaired) electrons. The summed E-state index contributed by atoms with van der Waals surface area (Å²) in [5.74, 6) is -2.75. The van der Waals surface area contributed by atoms with Gasteiger partial charge in [0.25, 0.3) is 5.91 Å².